The highest BCUT2D eigenvalue weighted by atomic mass is 32.1. The van der Waals surface area contributed by atoms with E-state index in [1.54, 1.807) is 27.0 Å². The standard InChI is InChI=1S/C22H22F4N4O3S/c1-11-7-27-19(34-11)16-6-14(33-21(3,4)10-31)5-15(17(16)23)18(32)30-12(2)13-8-28-20(29-9-13)22(24,25)26/h5-9,12,31H,10H2,1-4H3,(H,30,32)/t12-/m1/s1. The van der Waals surface area contributed by atoms with E-state index in [0.717, 1.165) is 17.3 Å². The maximum absolute atomic E-state index is 15.4. The highest BCUT2D eigenvalue weighted by Gasteiger charge is 2.34. The van der Waals surface area contributed by atoms with E-state index in [0.29, 0.717) is 5.01 Å². The largest absolute Gasteiger partial charge is 0.485 e. The van der Waals surface area contributed by atoms with Crippen LogP contribution in [0.4, 0.5) is 17.6 Å². The summed E-state index contributed by atoms with van der Waals surface area (Å²) in [5.41, 5.74) is -1.12. The van der Waals surface area contributed by atoms with Crippen molar-refractivity contribution in [2.45, 2.75) is 45.5 Å². The maximum atomic E-state index is 15.4. The van der Waals surface area contributed by atoms with E-state index in [1.807, 2.05) is 0 Å². The molecule has 2 N–H and O–H groups in total. The number of ether oxygens (including phenoxy) is 1. The van der Waals surface area contributed by atoms with Crippen LogP contribution in [0.5, 0.6) is 5.75 Å². The van der Waals surface area contributed by atoms with Crippen LogP contribution in [0.2, 0.25) is 0 Å². The Kier molecular flexibility index (Phi) is 7.22. The van der Waals surface area contributed by atoms with Gasteiger partial charge in [0.1, 0.15) is 22.2 Å². The number of rotatable bonds is 7. The lowest BCUT2D eigenvalue weighted by Gasteiger charge is -2.25. The first-order valence-corrected chi connectivity index (χ1v) is 10.9. The molecule has 1 aromatic carbocycles. The van der Waals surface area contributed by atoms with Crippen LogP contribution >= 0.6 is 11.3 Å². The van der Waals surface area contributed by atoms with Gasteiger partial charge < -0.3 is 15.2 Å². The third-order valence-corrected chi connectivity index (χ3v) is 5.64. The van der Waals surface area contributed by atoms with E-state index in [-0.39, 0.29) is 29.0 Å². The molecule has 0 bridgehead atoms. The van der Waals surface area contributed by atoms with Crippen LogP contribution in [0.15, 0.2) is 30.7 Å². The average Bonchev–Trinajstić information content (AvgIpc) is 3.20. The van der Waals surface area contributed by atoms with Gasteiger partial charge in [0.05, 0.1) is 23.8 Å². The Morgan fingerprint density at radius 3 is 2.35 bits per heavy atom. The fourth-order valence-corrected chi connectivity index (χ4v) is 3.65. The van der Waals surface area contributed by atoms with Crippen LogP contribution in [-0.4, -0.2) is 38.2 Å². The minimum Gasteiger partial charge on any atom is -0.485 e. The van der Waals surface area contributed by atoms with E-state index in [4.69, 9.17) is 4.74 Å². The monoisotopic (exact) mass is 498 g/mol. The van der Waals surface area contributed by atoms with Gasteiger partial charge in [0.25, 0.3) is 5.91 Å². The highest BCUT2D eigenvalue weighted by molar-refractivity contribution is 7.14. The molecule has 182 valence electrons. The summed E-state index contributed by atoms with van der Waals surface area (Å²) in [4.78, 5) is 24.5. The van der Waals surface area contributed by atoms with Crippen LogP contribution in [0.25, 0.3) is 10.6 Å². The fourth-order valence-electron chi connectivity index (χ4n) is 2.87. The molecule has 0 aliphatic carbocycles. The number of aliphatic hydroxyl groups excluding tert-OH is 1. The minimum absolute atomic E-state index is 0.0417. The molecule has 0 spiro atoms. The average molecular weight is 499 g/mol. The second kappa shape index (κ2) is 9.63. The first-order chi connectivity index (χ1) is 15.8. The molecule has 12 heteroatoms. The topological polar surface area (TPSA) is 97.2 Å². The molecule has 0 radical (unpaired) electrons. The molecular formula is C22H22F4N4O3S. The van der Waals surface area contributed by atoms with Gasteiger partial charge in [-0.3, -0.25) is 4.79 Å². The normalized spacial score (nSPS) is 13.0. The first kappa shape index (κ1) is 25.5. The number of hydrogen-bond acceptors (Lipinski definition) is 7. The second-order valence-corrected chi connectivity index (χ2v) is 9.40. The quantitative estimate of drug-likeness (QED) is 0.458. The molecule has 0 unspecified atom stereocenters. The number of benzene rings is 1. The molecule has 3 aromatic rings. The summed E-state index contributed by atoms with van der Waals surface area (Å²) in [5.74, 6) is -2.83. The molecular weight excluding hydrogens is 476 g/mol. The molecule has 0 aliphatic heterocycles. The van der Waals surface area contributed by atoms with Crippen molar-refractivity contribution in [1.29, 1.82) is 0 Å². The molecule has 2 aromatic heterocycles. The number of carbonyl (C=O) groups is 1. The van der Waals surface area contributed by atoms with Crippen molar-refractivity contribution >= 4 is 17.2 Å². The van der Waals surface area contributed by atoms with Gasteiger partial charge in [0, 0.05) is 29.0 Å². The Morgan fingerprint density at radius 1 is 1.18 bits per heavy atom. The van der Waals surface area contributed by atoms with Crippen LogP contribution in [0.3, 0.4) is 0 Å². The minimum atomic E-state index is -4.69. The van der Waals surface area contributed by atoms with Crippen molar-refractivity contribution in [3.05, 3.63) is 58.4 Å². The highest BCUT2D eigenvalue weighted by Crippen LogP contribution is 2.34. The van der Waals surface area contributed by atoms with Gasteiger partial charge in [-0.05, 0) is 39.8 Å². The van der Waals surface area contributed by atoms with Crippen LogP contribution in [-0.2, 0) is 6.18 Å². The van der Waals surface area contributed by atoms with Crippen molar-refractivity contribution in [2.75, 3.05) is 6.61 Å². The molecule has 0 saturated heterocycles. The van der Waals surface area contributed by atoms with Gasteiger partial charge in [0.15, 0.2) is 0 Å². The molecule has 7 nitrogen and oxygen atoms in total. The molecule has 0 fully saturated rings. The van der Waals surface area contributed by atoms with Gasteiger partial charge in [0.2, 0.25) is 5.82 Å². The Hall–Kier alpha value is -3.12. The zero-order chi connectivity index (χ0) is 25.3. The molecule has 3 rings (SSSR count). The fraction of sp³-hybridized carbons (Fsp3) is 0.364. The third kappa shape index (κ3) is 5.86. The molecule has 0 aliphatic rings. The Bertz CT molecular complexity index is 1180. The maximum Gasteiger partial charge on any atom is 0.451 e. The van der Waals surface area contributed by atoms with Gasteiger partial charge in [-0.25, -0.2) is 19.3 Å². The number of hydrogen-bond donors (Lipinski definition) is 2. The SMILES string of the molecule is Cc1cnc(-c2cc(OC(C)(C)CO)cc(C(=O)N[C@H](C)c3cnc(C(F)(F)F)nc3)c2F)s1. The lowest BCUT2D eigenvalue weighted by Crippen LogP contribution is -2.33. The van der Waals surface area contributed by atoms with E-state index in [9.17, 15) is 23.1 Å². The van der Waals surface area contributed by atoms with Crippen molar-refractivity contribution in [2.24, 2.45) is 0 Å². The zero-order valence-corrected chi connectivity index (χ0v) is 19.5. The Balaban J connectivity index is 1.94. The molecule has 1 atom stereocenters. The van der Waals surface area contributed by atoms with Gasteiger partial charge in [-0.15, -0.1) is 11.3 Å². The number of nitrogens with one attached hydrogen (secondary N) is 1. The smallest absolute Gasteiger partial charge is 0.451 e. The van der Waals surface area contributed by atoms with Crippen LogP contribution in [0, 0.1) is 12.7 Å². The number of aromatic nitrogens is 3. The molecule has 2 heterocycles. The number of aliphatic hydroxyl groups is 1. The van der Waals surface area contributed by atoms with Crippen molar-refractivity contribution in [3.8, 4) is 16.3 Å². The van der Waals surface area contributed by atoms with Gasteiger partial charge in [-0.1, -0.05) is 0 Å². The Labute approximate surface area is 196 Å². The lowest BCUT2D eigenvalue weighted by atomic mass is 10.1. The molecule has 1 amide bonds. The number of alkyl halides is 3. The number of thiazole rings is 1. The first-order valence-electron chi connectivity index (χ1n) is 10.1. The van der Waals surface area contributed by atoms with Crippen molar-refractivity contribution in [1.82, 2.24) is 20.3 Å². The number of nitrogens with zero attached hydrogens (tertiary/aromatic N) is 3. The van der Waals surface area contributed by atoms with E-state index < -0.39 is 35.4 Å². The third-order valence-electron chi connectivity index (χ3n) is 4.69. The van der Waals surface area contributed by atoms with E-state index in [1.165, 1.54) is 30.4 Å². The van der Waals surface area contributed by atoms with Gasteiger partial charge >= 0.3 is 6.18 Å². The van der Waals surface area contributed by atoms with Crippen molar-refractivity contribution < 1.29 is 32.2 Å². The van der Waals surface area contributed by atoms with Crippen LogP contribution < -0.4 is 10.1 Å². The summed E-state index contributed by atoms with van der Waals surface area (Å²) >= 11 is 1.23. The predicted octanol–water partition coefficient (Wildman–Crippen LogP) is 4.71. The van der Waals surface area contributed by atoms with Crippen LogP contribution in [0.1, 0.15) is 53.4 Å². The molecule has 0 saturated carbocycles. The summed E-state index contributed by atoms with van der Waals surface area (Å²) in [6.45, 7) is 6.21. The number of carbonyl (C=O) groups excluding carboxylic acids is 1. The van der Waals surface area contributed by atoms with E-state index in [2.05, 4.69) is 20.3 Å². The summed E-state index contributed by atoms with van der Waals surface area (Å²) < 4.78 is 59.2. The number of aryl methyl sites for hydroxylation is 1. The number of halogens is 4. The number of amides is 1. The lowest BCUT2D eigenvalue weighted by molar-refractivity contribution is -0.145. The second-order valence-electron chi connectivity index (χ2n) is 8.16. The van der Waals surface area contributed by atoms with Crippen molar-refractivity contribution in [3.63, 3.8) is 0 Å². The predicted molar refractivity (Wildman–Crippen MR) is 117 cm³/mol. The summed E-state index contributed by atoms with van der Waals surface area (Å²) in [6.07, 6.45) is -1.23. The van der Waals surface area contributed by atoms with E-state index >= 15 is 4.39 Å². The summed E-state index contributed by atoms with van der Waals surface area (Å²) in [5, 5.41) is 12.4. The summed E-state index contributed by atoms with van der Waals surface area (Å²) in [7, 11) is 0. The molecule has 34 heavy (non-hydrogen) atoms. The summed E-state index contributed by atoms with van der Waals surface area (Å²) in [6, 6.07) is 1.77. The van der Waals surface area contributed by atoms with Gasteiger partial charge in [-0.2, -0.15) is 13.2 Å². The Morgan fingerprint density at radius 2 is 1.82 bits per heavy atom. The zero-order valence-electron chi connectivity index (χ0n) is 18.7.